The molecule has 0 aliphatic heterocycles. The van der Waals surface area contributed by atoms with Gasteiger partial charge in [0.2, 0.25) is 0 Å². The van der Waals surface area contributed by atoms with Crippen LogP contribution in [0.3, 0.4) is 0 Å². The second-order valence-corrected chi connectivity index (χ2v) is 16.1. The van der Waals surface area contributed by atoms with E-state index in [9.17, 15) is 0 Å². The zero-order chi connectivity index (χ0) is 37.7. The van der Waals surface area contributed by atoms with Crippen molar-refractivity contribution in [3.05, 3.63) is 198 Å². The van der Waals surface area contributed by atoms with Crippen molar-refractivity contribution in [2.45, 2.75) is 51.4 Å². The fraction of sp³-hybridized carbons (Fsp3) is 0.143. The first-order valence-corrected chi connectivity index (χ1v) is 20.9. The molecule has 0 heterocycles. The summed E-state index contributed by atoms with van der Waals surface area (Å²) in [5.41, 5.74) is 18.2. The number of nitrogens with zero attached hydrogens (tertiary/aromatic N) is 1. The van der Waals surface area contributed by atoms with Gasteiger partial charge in [0.05, 0.1) is 0 Å². The molecule has 0 radical (unpaired) electrons. The van der Waals surface area contributed by atoms with Crippen molar-refractivity contribution in [3.8, 4) is 33.4 Å². The van der Waals surface area contributed by atoms with Crippen LogP contribution in [0.1, 0.15) is 47.9 Å². The third-order valence-electron chi connectivity index (χ3n) is 12.8. The van der Waals surface area contributed by atoms with Gasteiger partial charge in [-0.05, 0) is 176 Å². The van der Waals surface area contributed by atoms with Gasteiger partial charge in [0.25, 0.3) is 0 Å². The zero-order valence-corrected chi connectivity index (χ0v) is 32.3. The monoisotopic (exact) mass is 731 g/mol. The summed E-state index contributed by atoms with van der Waals surface area (Å²) in [6, 6.07) is 65.5. The number of hydrogen-bond acceptors (Lipinski definition) is 1. The predicted molar refractivity (Wildman–Crippen MR) is 243 cm³/mol. The highest BCUT2D eigenvalue weighted by Gasteiger charge is 2.28. The molecule has 11 rings (SSSR count). The van der Waals surface area contributed by atoms with Gasteiger partial charge in [-0.25, -0.2) is 0 Å². The smallest absolute Gasteiger partial charge is 0.0468 e. The summed E-state index contributed by atoms with van der Waals surface area (Å²) in [6.07, 6.45) is 9.77. The molecule has 0 fully saturated rings. The topological polar surface area (TPSA) is 3.24 Å². The summed E-state index contributed by atoms with van der Waals surface area (Å²) >= 11 is 0. The summed E-state index contributed by atoms with van der Waals surface area (Å²) in [6.45, 7) is 0. The second kappa shape index (κ2) is 14.3. The lowest BCUT2D eigenvalue weighted by Crippen LogP contribution is -2.15. The van der Waals surface area contributed by atoms with Crippen LogP contribution in [0.5, 0.6) is 0 Å². The first-order chi connectivity index (χ1) is 28.3. The average molecular weight is 732 g/mol. The van der Waals surface area contributed by atoms with E-state index < -0.39 is 0 Å². The average Bonchev–Trinajstić information content (AvgIpc) is 3.29. The van der Waals surface area contributed by atoms with Gasteiger partial charge in [-0.3, -0.25) is 0 Å². The molecule has 0 amide bonds. The van der Waals surface area contributed by atoms with Crippen molar-refractivity contribution in [3.63, 3.8) is 0 Å². The van der Waals surface area contributed by atoms with Gasteiger partial charge in [-0.15, -0.1) is 0 Å². The molecule has 0 spiro atoms. The molecule has 9 aromatic rings. The number of rotatable bonds is 6. The maximum Gasteiger partial charge on any atom is 0.0468 e. The Labute approximate surface area is 335 Å². The third kappa shape index (κ3) is 5.84. The van der Waals surface area contributed by atoms with Gasteiger partial charge >= 0.3 is 0 Å². The molecule has 1 heteroatoms. The Kier molecular flexibility index (Phi) is 8.47. The van der Waals surface area contributed by atoms with Crippen molar-refractivity contribution < 1.29 is 0 Å². The van der Waals surface area contributed by atoms with Crippen LogP contribution in [0, 0.1) is 0 Å². The number of hydrogen-bond donors (Lipinski definition) is 0. The minimum Gasteiger partial charge on any atom is -0.310 e. The van der Waals surface area contributed by atoms with Crippen LogP contribution in [0.4, 0.5) is 17.1 Å². The summed E-state index contributed by atoms with van der Waals surface area (Å²) in [7, 11) is 0. The normalized spacial score (nSPS) is 13.8. The van der Waals surface area contributed by atoms with Crippen LogP contribution in [0.2, 0.25) is 0 Å². The Morgan fingerprint density at radius 3 is 1.07 bits per heavy atom. The van der Waals surface area contributed by atoms with Crippen LogP contribution >= 0.6 is 0 Å². The van der Waals surface area contributed by atoms with Gasteiger partial charge in [-0.1, -0.05) is 140 Å². The van der Waals surface area contributed by atoms with E-state index in [0.29, 0.717) is 0 Å². The molecule has 274 valence electrons. The van der Waals surface area contributed by atoms with Gasteiger partial charge in [0, 0.05) is 17.1 Å². The van der Waals surface area contributed by atoms with E-state index in [1.807, 2.05) is 0 Å². The summed E-state index contributed by atoms with van der Waals surface area (Å²) < 4.78 is 0. The molecular formula is C56H45N. The summed E-state index contributed by atoms with van der Waals surface area (Å²) in [4.78, 5) is 2.45. The van der Waals surface area contributed by atoms with Gasteiger partial charge in [0.1, 0.15) is 0 Å². The lowest BCUT2D eigenvalue weighted by atomic mass is 9.73. The standard InChI is InChI=1S/C56H45N/c1-3-15-38(16-4-1)39-27-31-42(32-28-39)57(44-35-36-49-47-21-8-7-19-45(47)46-20-9-10-22-48(46)54(49)37-44)43-33-29-41(30-34-43)56-52-25-13-11-23-50(52)55(40-17-5-2-6-18-40)51-24-12-14-26-53(51)56/h1-10,15-22,27-37H,11-14,23-26H2. The second-order valence-electron chi connectivity index (χ2n) is 16.1. The third-order valence-corrected chi connectivity index (χ3v) is 12.8. The van der Waals surface area contributed by atoms with E-state index >= 15 is 0 Å². The summed E-state index contributed by atoms with van der Waals surface area (Å²) in [5, 5.41) is 7.75. The minimum atomic E-state index is 1.15. The Morgan fingerprint density at radius 1 is 0.263 bits per heavy atom. The maximum absolute atomic E-state index is 2.45. The number of fused-ring (bicyclic) bond motifs is 8. The molecule has 0 bridgehead atoms. The van der Waals surface area contributed by atoms with Crippen molar-refractivity contribution in [1.29, 1.82) is 0 Å². The van der Waals surface area contributed by atoms with E-state index in [4.69, 9.17) is 0 Å². The number of benzene rings is 9. The lowest BCUT2D eigenvalue weighted by Gasteiger charge is -2.32. The van der Waals surface area contributed by atoms with E-state index in [2.05, 4.69) is 181 Å². The van der Waals surface area contributed by atoms with E-state index in [1.165, 1.54) is 117 Å². The van der Waals surface area contributed by atoms with Crippen LogP contribution in [-0.4, -0.2) is 0 Å². The van der Waals surface area contributed by atoms with Crippen molar-refractivity contribution >= 4 is 49.4 Å². The van der Waals surface area contributed by atoms with Crippen molar-refractivity contribution in [2.24, 2.45) is 0 Å². The molecule has 0 atom stereocenters. The zero-order valence-electron chi connectivity index (χ0n) is 32.3. The van der Waals surface area contributed by atoms with Gasteiger partial charge in [-0.2, -0.15) is 0 Å². The highest BCUT2D eigenvalue weighted by molar-refractivity contribution is 6.25. The molecule has 2 aliphatic rings. The lowest BCUT2D eigenvalue weighted by molar-refractivity contribution is 0.662. The summed E-state index contributed by atoms with van der Waals surface area (Å²) in [5.74, 6) is 0. The molecule has 1 nitrogen and oxygen atoms in total. The Hall–Kier alpha value is -6.44. The first-order valence-electron chi connectivity index (χ1n) is 20.9. The highest BCUT2D eigenvalue weighted by atomic mass is 15.1. The maximum atomic E-state index is 2.45. The van der Waals surface area contributed by atoms with Crippen LogP contribution in [-0.2, 0) is 25.7 Å². The SMILES string of the molecule is c1ccc(-c2ccc(N(c3ccc(-c4c5c(c(-c6ccccc6)c6c4CCCC6)CCCC5)cc3)c3ccc4c5ccccc5c5ccccc5c4c3)cc2)cc1. The first kappa shape index (κ1) is 33.9. The van der Waals surface area contributed by atoms with E-state index in [-0.39, 0.29) is 0 Å². The Balaban J connectivity index is 1.08. The molecule has 0 N–H and O–H groups in total. The molecular weight excluding hydrogens is 687 g/mol. The fourth-order valence-corrected chi connectivity index (χ4v) is 10.3. The Bertz CT molecular complexity index is 2850. The van der Waals surface area contributed by atoms with Crippen LogP contribution in [0.15, 0.2) is 176 Å². The molecule has 2 aliphatic carbocycles. The largest absolute Gasteiger partial charge is 0.310 e. The molecule has 0 aromatic heterocycles. The van der Waals surface area contributed by atoms with E-state index in [1.54, 1.807) is 27.8 Å². The molecule has 9 aromatic carbocycles. The predicted octanol–water partition coefficient (Wildman–Crippen LogP) is 15.4. The molecule has 0 saturated carbocycles. The molecule has 0 saturated heterocycles. The van der Waals surface area contributed by atoms with Crippen LogP contribution < -0.4 is 4.90 Å². The van der Waals surface area contributed by atoms with Crippen molar-refractivity contribution in [2.75, 3.05) is 4.90 Å². The van der Waals surface area contributed by atoms with Gasteiger partial charge < -0.3 is 4.90 Å². The number of anilines is 3. The van der Waals surface area contributed by atoms with E-state index in [0.717, 1.165) is 11.4 Å². The Morgan fingerprint density at radius 2 is 0.596 bits per heavy atom. The fourth-order valence-electron chi connectivity index (χ4n) is 10.3. The minimum absolute atomic E-state index is 1.15. The highest BCUT2D eigenvalue weighted by Crippen LogP contribution is 2.47. The van der Waals surface area contributed by atoms with Gasteiger partial charge in [0.15, 0.2) is 0 Å². The molecule has 57 heavy (non-hydrogen) atoms. The quantitative estimate of drug-likeness (QED) is 0.154. The van der Waals surface area contributed by atoms with Crippen LogP contribution in [0.25, 0.3) is 65.7 Å². The van der Waals surface area contributed by atoms with Crippen molar-refractivity contribution in [1.82, 2.24) is 0 Å². The molecule has 0 unspecified atom stereocenters.